The van der Waals surface area contributed by atoms with Gasteiger partial charge in [-0.15, -0.1) is 0 Å². The van der Waals surface area contributed by atoms with E-state index in [1.54, 1.807) is 6.20 Å². The number of amides is 1. The first kappa shape index (κ1) is 18.9. The molecule has 0 unspecified atom stereocenters. The molecule has 3 heterocycles. The number of aryl methyl sites for hydroxylation is 1. The van der Waals surface area contributed by atoms with Crippen LogP contribution in [0.3, 0.4) is 0 Å². The van der Waals surface area contributed by atoms with Gasteiger partial charge in [-0.05, 0) is 62.4 Å². The minimum Gasteiger partial charge on any atom is -0.336 e. The van der Waals surface area contributed by atoms with Crippen molar-refractivity contribution in [3.8, 4) is 11.4 Å². The summed E-state index contributed by atoms with van der Waals surface area (Å²) in [5.41, 5.74) is 3.79. The fourth-order valence-electron chi connectivity index (χ4n) is 4.07. The van der Waals surface area contributed by atoms with Crippen molar-refractivity contribution in [1.82, 2.24) is 14.9 Å². The minimum absolute atomic E-state index is 0.0813. The molecule has 5 heteroatoms. The monoisotopic (exact) mass is 393 g/mol. The molecular formula is C23H24ClN3O. The van der Waals surface area contributed by atoms with Gasteiger partial charge in [-0.3, -0.25) is 9.78 Å². The van der Waals surface area contributed by atoms with Gasteiger partial charge in [0.25, 0.3) is 5.91 Å². The second kappa shape index (κ2) is 7.88. The van der Waals surface area contributed by atoms with Gasteiger partial charge in [0.2, 0.25) is 0 Å². The number of pyridine rings is 2. The summed E-state index contributed by atoms with van der Waals surface area (Å²) in [6, 6.07) is 11.7. The van der Waals surface area contributed by atoms with Crippen molar-refractivity contribution >= 4 is 28.4 Å². The first-order chi connectivity index (χ1) is 13.6. The van der Waals surface area contributed by atoms with Crippen LogP contribution in [0.5, 0.6) is 0 Å². The molecule has 2 aromatic heterocycles. The largest absolute Gasteiger partial charge is 0.336 e. The van der Waals surface area contributed by atoms with Crippen LogP contribution in [-0.4, -0.2) is 33.4 Å². The Bertz CT molecular complexity index is 1020. The number of carbonyl (C=O) groups is 1. The molecule has 1 saturated heterocycles. The van der Waals surface area contributed by atoms with Crippen LogP contribution >= 0.6 is 11.6 Å². The molecule has 0 N–H and O–H groups in total. The molecule has 144 valence electrons. The predicted octanol–water partition coefficient (Wildman–Crippen LogP) is 5.66. The van der Waals surface area contributed by atoms with Crippen LogP contribution in [0.25, 0.3) is 22.3 Å². The standard InChI is InChI=1S/C23H24ClN3O/c1-3-16-8-5-7-13-27(16)23(28)18-14-21(20-9-4-6-12-25-20)26-22-15(2)19(24)11-10-17(18)22/h4,6,9-12,14,16H,3,5,7-8,13H2,1-2H3/t16-/m0/s1. The highest BCUT2D eigenvalue weighted by Crippen LogP contribution is 2.31. The van der Waals surface area contributed by atoms with Gasteiger partial charge in [-0.25, -0.2) is 4.98 Å². The lowest BCUT2D eigenvalue weighted by atomic mass is 9.97. The van der Waals surface area contributed by atoms with Gasteiger partial charge in [-0.2, -0.15) is 0 Å². The fourth-order valence-corrected chi connectivity index (χ4v) is 4.23. The van der Waals surface area contributed by atoms with Crippen molar-refractivity contribution < 1.29 is 4.79 Å². The van der Waals surface area contributed by atoms with E-state index < -0.39 is 0 Å². The average molecular weight is 394 g/mol. The number of aromatic nitrogens is 2. The van der Waals surface area contributed by atoms with Gasteiger partial charge >= 0.3 is 0 Å². The molecule has 0 bridgehead atoms. The number of piperidine rings is 1. The van der Waals surface area contributed by atoms with E-state index in [9.17, 15) is 4.79 Å². The molecule has 0 radical (unpaired) electrons. The third-order valence-corrected chi connectivity index (χ3v) is 6.09. The van der Waals surface area contributed by atoms with E-state index in [0.717, 1.165) is 48.0 Å². The smallest absolute Gasteiger partial charge is 0.254 e. The van der Waals surface area contributed by atoms with Gasteiger partial charge < -0.3 is 4.90 Å². The van der Waals surface area contributed by atoms with E-state index in [2.05, 4.69) is 11.9 Å². The van der Waals surface area contributed by atoms with Crippen molar-refractivity contribution in [1.29, 1.82) is 0 Å². The summed E-state index contributed by atoms with van der Waals surface area (Å²) in [6.45, 7) is 4.92. The lowest BCUT2D eigenvalue weighted by Gasteiger charge is -2.35. The molecule has 0 saturated carbocycles. The highest BCUT2D eigenvalue weighted by atomic mass is 35.5. The Hall–Kier alpha value is -2.46. The normalized spacial score (nSPS) is 17.1. The summed E-state index contributed by atoms with van der Waals surface area (Å²) in [7, 11) is 0. The van der Waals surface area contributed by atoms with Gasteiger partial charge in [0.15, 0.2) is 0 Å². The summed E-state index contributed by atoms with van der Waals surface area (Å²) in [6.07, 6.45) is 6.04. The number of fused-ring (bicyclic) bond motifs is 1. The average Bonchev–Trinajstić information content (AvgIpc) is 2.75. The van der Waals surface area contributed by atoms with Gasteiger partial charge in [0, 0.05) is 29.2 Å². The Kier molecular flexibility index (Phi) is 5.31. The Labute approximate surface area is 170 Å². The van der Waals surface area contributed by atoms with E-state index in [-0.39, 0.29) is 5.91 Å². The molecule has 3 aromatic rings. The molecule has 4 nitrogen and oxygen atoms in total. The van der Waals surface area contributed by atoms with E-state index in [0.29, 0.717) is 22.3 Å². The van der Waals surface area contributed by atoms with Gasteiger partial charge in [0.05, 0.1) is 22.5 Å². The number of hydrogen-bond acceptors (Lipinski definition) is 3. The summed E-state index contributed by atoms with van der Waals surface area (Å²) in [5, 5.41) is 1.51. The number of carbonyl (C=O) groups excluding carboxylic acids is 1. The van der Waals surface area contributed by atoms with Crippen LogP contribution in [0, 0.1) is 6.92 Å². The SMILES string of the molecule is CC[C@H]1CCCCN1C(=O)c1cc(-c2ccccn2)nc2c(C)c(Cl)ccc12. The van der Waals surface area contributed by atoms with Crippen LogP contribution in [0.2, 0.25) is 5.02 Å². The van der Waals surface area contributed by atoms with Crippen molar-refractivity contribution in [2.45, 2.75) is 45.6 Å². The number of rotatable bonds is 3. The zero-order valence-corrected chi connectivity index (χ0v) is 17.0. The van der Waals surface area contributed by atoms with Crippen molar-refractivity contribution in [3.05, 3.63) is 58.7 Å². The van der Waals surface area contributed by atoms with E-state index in [1.165, 1.54) is 6.42 Å². The molecule has 28 heavy (non-hydrogen) atoms. The van der Waals surface area contributed by atoms with Crippen molar-refractivity contribution in [3.63, 3.8) is 0 Å². The number of likely N-dealkylation sites (tertiary alicyclic amines) is 1. The topological polar surface area (TPSA) is 46.1 Å². The number of hydrogen-bond donors (Lipinski definition) is 0. The maximum absolute atomic E-state index is 13.6. The predicted molar refractivity (Wildman–Crippen MR) is 114 cm³/mol. The van der Waals surface area contributed by atoms with Crippen molar-refractivity contribution in [2.24, 2.45) is 0 Å². The Morgan fingerprint density at radius 2 is 2.07 bits per heavy atom. The molecule has 1 fully saturated rings. The van der Waals surface area contributed by atoms with E-state index in [4.69, 9.17) is 16.6 Å². The summed E-state index contributed by atoms with van der Waals surface area (Å²) >= 11 is 6.36. The Morgan fingerprint density at radius 1 is 1.21 bits per heavy atom. The fraction of sp³-hybridized carbons (Fsp3) is 0.348. The molecule has 1 amide bonds. The first-order valence-electron chi connectivity index (χ1n) is 9.92. The van der Waals surface area contributed by atoms with E-state index >= 15 is 0 Å². The van der Waals surface area contributed by atoms with Crippen LogP contribution in [0.1, 0.15) is 48.5 Å². The summed E-state index contributed by atoms with van der Waals surface area (Å²) < 4.78 is 0. The minimum atomic E-state index is 0.0813. The maximum atomic E-state index is 13.6. The zero-order chi connectivity index (χ0) is 19.7. The molecule has 1 aliphatic rings. The molecule has 0 spiro atoms. The number of nitrogens with zero attached hydrogens (tertiary/aromatic N) is 3. The molecule has 0 aliphatic carbocycles. The lowest BCUT2D eigenvalue weighted by Crippen LogP contribution is -2.43. The Morgan fingerprint density at radius 3 is 2.82 bits per heavy atom. The molecule has 1 atom stereocenters. The quantitative estimate of drug-likeness (QED) is 0.576. The van der Waals surface area contributed by atoms with E-state index in [1.807, 2.05) is 48.2 Å². The summed E-state index contributed by atoms with van der Waals surface area (Å²) in [4.78, 5) is 24.9. The Balaban J connectivity index is 1.91. The van der Waals surface area contributed by atoms with Crippen molar-refractivity contribution in [2.75, 3.05) is 6.54 Å². The second-order valence-electron chi connectivity index (χ2n) is 7.39. The first-order valence-corrected chi connectivity index (χ1v) is 10.3. The highest BCUT2D eigenvalue weighted by Gasteiger charge is 2.28. The molecular weight excluding hydrogens is 370 g/mol. The zero-order valence-electron chi connectivity index (χ0n) is 16.3. The summed E-state index contributed by atoms with van der Waals surface area (Å²) in [5.74, 6) is 0.0813. The number of halogens is 1. The van der Waals surface area contributed by atoms with Crippen LogP contribution < -0.4 is 0 Å². The van der Waals surface area contributed by atoms with Gasteiger partial charge in [-0.1, -0.05) is 30.7 Å². The highest BCUT2D eigenvalue weighted by molar-refractivity contribution is 6.32. The van der Waals surface area contributed by atoms with Crippen LogP contribution in [0.4, 0.5) is 0 Å². The third-order valence-electron chi connectivity index (χ3n) is 5.69. The molecule has 1 aliphatic heterocycles. The number of benzene rings is 1. The lowest BCUT2D eigenvalue weighted by molar-refractivity contribution is 0.0610. The molecule has 1 aromatic carbocycles. The third kappa shape index (κ3) is 3.37. The maximum Gasteiger partial charge on any atom is 0.254 e. The second-order valence-corrected chi connectivity index (χ2v) is 7.80. The van der Waals surface area contributed by atoms with Crippen LogP contribution in [0.15, 0.2) is 42.6 Å². The van der Waals surface area contributed by atoms with Gasteiger partial charge in [0.1, 0.15) is 0 Å². The molecule has 4 rings (SSSR count). The van der Waals surface area contributed by atoms with Crippen LogP contribution in [-0.2, 0) is 0 Å².